The molecule has 4 nitrogen and oxygen atoms in total. The van der Waals surface area contributed by atoms with Crippen LogP contribution in [0.15, 0.2) is 79.1 Å². The second-order valence-electron chi connectivity index (χ2n) is 10.5. The minimum Gasteiger partial charge on any atom is -0.357 e. The average molecular weight is 506 g/mol. The molecule has 1 saturated carbocycles. The van der Waals surface area contributed by atoms with Gasteiger partial charge in [-0.05, 0) is 91.1 Å². The van der Waals surface area contributed by atoms with Crippen molar-refractivity contribution in [2.24, 2.45) is 0 Å². The Balaban J connectivity index is 1.45. The number of carbonyl (C=O) groups is 1. The molecule has 4 aromatic rings. The summed E-state index contributed by atoms with van der Waals surface area (Å²) in [5.74, 6) is 0.426. The van der Waals surface area contributed by atoms with Crippen LogP contribution in [0.2, 0.25) is 0 Å². The van der Waals surface area contributed by atoms with Crippen molar-refractivity contribution in [1.29, 1.82) is 0 Å². The maximum atomic E-state index is 15.8. The van der Waals surface area contributed by atoms with E-state index in [-0.39, 0.29) is 17.9 Å². The van der Waals surface area contributed by atoms with Gasteiger partial charge in [0.2, 0.25) is 0 Å². The van der Waals surface area contributed by atoms with E-state index < -0.39 is 0 Å². The van der Waals surface area contributed by atoms with Crippen LogP contribution < -0.4 is 4.90 Å². The van der Waals surface area contributed by atoms with Crippen LogP contribution in [0.1, 0.15) is 66.5 Å². The number of aryl methyl sites for hydroxylation is 1. The lowest BCUT2D eigenvalue weighted by Gasteiger charge is -2.44. The first kappa shape index (κ1) is 24.4. The fourth-order valence-electron chi connectivity index (χ4n) is 5.81. The number of allylic oxidation sites excluding steroid dienone is 1. The Morgan fingerprint density at radius 3 is 2.47 bits per heavy atom. The van der Waals surface area contributed by atoms with Crippen LogP contribution in [0, 0.1) is 5.82 Å². The van der Waals surface area contributed by atoms with E-state index in [1.54, 1.807) is 6.08 Å². The molecule has 1 aliphatic heterocycles. The molecular formula is C33H32FN3O. The molecule has 1 fully saturated rings. The number of rotatable bonds is 7. The minimum atomic E-state index is -0.268. The first-order chi connectivity index (χ1) is 18.6. The molecule has 2 unspecified atom stereocenters. The first-order valence-electron chi connectivity index (χ1n) is 13.5. The molecule has 3 aromatic carbocycles. The molecule has 2 aliphatic rings. The van der Waals surface area contributed by atoms with Crippen molar-refractivity contribution >= 4 is 18.0 Å². The second kappa shape index (κ2) is 10.1. The van der Waals surface area contributed by atoms with Crippen molar-refractivity contribution in [2.75, 3.05) is 4.90 Å². The van der Waals surface area contributed by atoms with Gasteiger partial charge in [0, 0.05) is 35.6 Å². The number of aromatic nitrogens is 2. The fourth-order valence-corrected chi connectivity index (χ4v) is 5.81. The van der Waals surface area contributed by atoms with Crippen LogP contribution in [0.4, 0.5) is 10.1 Å². The molecular weight excluding hydrogens is 473 g/mol. The Morgan fingerprint density at radius 1 is 1.00 bits per heavy atom. The number of anilines is 1. The largest absolute Gasteiger partial charge is 0.357 e. The van der Waals surface area contributed by atoms with Crippen LogP contribution in [-0.2, 0) is 17.8 Å². The predicted octanol–water partition coefficient (Wildman–Crippen LogP) is 7.34. The summed E-state index contributed by atoms with van der Waals surface area (Å²) in [6.07, 6.45) is 11.1. The zero-order chi connectivity index (χ0) is 26.2. The van der Waals surface area contributed by atoms with E-state index in [9.17, 15) is 4.79 Å². The van der Waals surface area contributed by atoms with Crippen molar-refractivity contribution in [2.45, 2.75) is 57.7 Å². The van der Waals surface area contributed by atoms with Gasteiger partial charge in [0.05, 0.1) is 12.2 Å². The van der Waals surface area contributed by atoms with Crippen LogP contribution in [0.25, 0.3) is 17.2 Å². The summed E-state index contributed by atoms with van der Waals surface area (Å²) < 4.78 is 17.7. The van der Waals surface area contributed by atoms with Gasteiger partial charge in [-0.3, -0.25) is 9.48 Å². The Hall–Kier alpha value is -3.99. The minimum absolute atomic E-state index is 0.168. The number of fused-ring (bicyclic) bond motifs is 1. The Kier molecular flexibility index (Phi) is 6.44. The van der Waals surface area contributed by atoms with Gasteiger partial charge in [-0.1, -0.05) is 48.5 Å². The molecule has 0 N–H and O–H groups in total. The predicted molar refractivity (Wildman–Crippen MR) is 151 cm³/mol. The third-order valence-electron chi connectivity index (χ3n) is 7.92. The van der Waals surface area contributed by atoms with Gasteiger partial charge in [0.25, 0.3) is 0 Å². The summed E-state index contributed by atoms with van der Waals surface area (Å²) in [5, 5.41) is 4.45. The normalized spacial score (nSPS) is 19.1. The molecule has 6 rings (SSSR count). The number of aldehydes is 1. The highest BCUT2D eigenvalue weighted by Gasteiger charge is 2.35. The third-order valence-corrected chi connectivity index (χ3v) is 7.92. The Morgan fingerprint density at radius 2 is 1.79 bits per heavy atom. The maximum absolute atomic E-state index is 15.8. The van der Waals surface area contributed by atoms with E-state index in [2.05, 4.69) is 72.5 Å². The van der Waals surface area contributed by atoms with Crippen LogP contribution >= 0.6 is 0 Å². The molecule has 1 aromatic heterocycles. The summed E-state index contributed by atoms with van der Waals surface area (Å²) in [6.45, 7) is 5.14. The summed E-state index contributed by atoms with van der Waals surface area (Å²) in [7, 11) is 0. The number of hydrogen-bond acceptors (Lipinski definition) is 3. The number of nitrogens with zero attached hydrogens (tertiary/aromatic N) is 3. The second-order valence-corrected chi connectivity index (χ2v) is 10.5. The van der Waals surface area contributed by atoms with Crippen LogP contribution in [0.3, 0.4) is 0 Å². The zero-order valence-electron chi connectivity index (χ0n) is 21.8. The van der Waals surface area contributed by atoms with E-state index in [0.29, 0.717) is 23.3 Å². The molecule has 192 valence electrons. The highest BCUT2D eigenvalue weighted by Crippen LogP contribution is 2.45. The zero-order valence-corrected chi connectivity index (χ0v) is 21.8. The monoisotopic (exact) mass is 505 g/mol. The molecule has 0 amide bonds. The maximum Gasteiger partial charge on any atom is 0.142 e. The van der Waals surface area contributed by atoms with E-state index in [1.165, 1.54) is 36.1 Å². The number of hydrogen-bond donors (Lipinski definition) is 0. The van der Waals surface area contributed by atoms with Gasteiger partial charge in [0.15, 0.2) is 0 Å². The lowest BCUT2D eigenvalue weighted by molar-refractivity contribution is -0.104. The standard InChI is InChI=1S/C33H32FN3O/c1-3-36-21-28(20-35-36)26-11-15-30-27(19-26)17-22(2)37(29-12-9-25(10-13-29)24-7-8-24)33(30)31-14-6-23(5-4-16-38)18-32(31)34/h4-6,9-16,18-22,24,33H,3,7-8,17H2,1-2H3/b5-4+. The molecule has 38 heavy (non-hydrogen) atoms. The Labute approximate surface area is 223 Å². The van der Waals surface area contributed by atoms with E-state index in [4.69, 9.17) is 0 Å². The molecule has 0 radical (unpaired) electrons. The van der Waals surface area contributed by atoms with Crippen molar-refractivity contribution in [3.05, 3.63) is 113 Å². The van der Waals surface area contributed by atoms with Crippen molar-refractivity contribution in [3.63, 3.8) is 0 Å². The van der Waals surface area contributed by atoms with E-state index in [0.717, 1.165) is 35.3 Å². The van der Waals surface area contributed by atoms with Crippen LogP contribution in [-0.4, -0.2) is 22.1 Å². The molecule has 1 aliphatic carbocycles. The third kappa shape index (κ3) is 4.58. The summed E-state index contributed by atoms with van der Waals surface area (Å²) in [5.41, 5.74) is 8.39. The topological polar surface area (TPSA) is 38.1 Å². The van der Waals surface area contributed by atoms with Crippen molar-refractivity contribution in [1.82, 2.24) is 9.78 Å². The van der Waals surface area contributed by atoms with Gasteiger partial charge in [-0.15, -0.1) is 0 Å². The SMILES string of the molecule is CCn1cc(-c2ccc3c(c2)CC(C)N(c2ccc(C4CC4)cc2)C3c2ccc(/C=C/C=O)cc2F)cn1. The molecule has 2 atom stereocenters. The lowest BCUT2D eigenvalue weighted by atomic mass is 9.83. The molecule has 2 heterocycles. The molecule has 5 heteroatoms. The lowest BCUT2D eigenvalue weighted by Crippen LogP contribution is -2.43. The number of carbonyl (C=O) groups excluding carboxylic acids is 1. The van der Waals surface area contributed by atoms with E-state index in [1.807, 2.05) is 23.0 Å². The summed E-state index contributed by atoms with van der Waals surface area (Å²) in [6, 6.07) is 20.6. The summed E-state index contributed by atoms with van der Waals surface area (Å²) >= 11 is 0. The van der Waals surface area contributed by atoms with Gasteiger partial charge < -0.3 is 4.90 Å². The van der Waals surface area contributed by atoms with Crippen molar-refractivity contribution < 1.29 is 9.18 Å². The smallest absolute Gasteiger partial charge is 0.142 e. The fraction of sp³-hybridized carbons (Fsp3) is 0.273. The highest BCUT2D eigenvalue weighted by atomic mass is 19.1. The van der Waals surface area contributed by atoms with Gasteiger partial charge >= 0.3 is 0 Å². The summed E-state index contributed by atoms with van der Waals surface area (Å²) in [4.78, 5) is 13.1. The van der Waals surface area contributed by atoms with Gasteiger partial charge in [-0.25, -0.2) is 4.39 Å². The molecule has 0 spiro atoms. The van der Waals surface area contributed by atoms with E-state index >= 15 is 4.39 Å². The van der Waals surface area contributed by atoms with Gasteiger partial charge in [0.1, 0.15) is 12.1 Å². The molecule has 0 saturated heterocycles. The van der Waals surface area contributed by atoms with Gasteiger partial charge in [-0.2, -0.15) is 5.10 Å². The molecule has 0 bridgehead atoms. The first-order valence-corrected chi connectivity index (χ1v) is 13.5. The Bertz CT molecular complexity index is 1500. The quantitative estimate of drug-likeness (QED) is 0.195. The van der Waals surface area contributed by atoms with Crippen LogP contribution in [0.5, 0.6) is 0 Å². The average Bonchev–Trinajstić information content (AvgIpc) is 3.67. The number of halogens is 1. The van der Waals surface area contributed by atoms with Crippen molar-refractivity contribution in [3.8, 4) is 11.1 Å². The number of benzene rings is 3. The highest BCUT2D eigenvalue weighted by molar-refractivity contribution is 5.74.